The van der Waals surface area contributed by atoms with Gasteiger partial charge in [-0.3, -0.25) is 14.5 Å². The van der Waals surface area contributed by atoms with Gasteiger partial charge in [0.05, 0.1) is 6.04 Å². The lowest BCUT2D eigenvalue weighted by molar-refractivity contribution is -0.128. The van der Waals surface area contributed by atoms with E-state index in [0.717, 1.165) is 56.2 Å². The summed E-state index contributed by atoms with van der Waals surface area (Å²) < 4.78 is 14.3. The SMILES string of the molecule is Cc1ccccc1[C@@H](C(=O)NC1CCCCC1)N(C(=O)[C@H]1CCCCN1)c1cccc(F)c1. The highest BCUT2D eigenvalue weighted by atomic mass is 19.1. The number of halogens is 1. The first-order valence-electron chi connectivity index (χ1n) is 12.2. The van der Waals surface area contributed by atoms with Crippen molar-refractivity contribution in [3.63, 3.8) is 0 Å². The average Bonchev–Trinajstić information content (AvgIpc) is 2.84. The summed E-state index contributed by atoms with van der Waals surface area (Å²) in [7, 11) is 0. The van der Waals surface area contributed by atoms with Crippen molar-refractivity contribution >= 4 is 17.5 Å². The van der Waals surface area contributed by atoms with Gasteiger partial charge in [-0.05, 0) is 68.5 Å². The molecular formula is C27H34FN3O2. The van der Waals surface area contributed by atoms with Gasteiger partial charge in [0.1, 0.15) is 11.9 Å². The number of carbonyl (C=O) groups is 2. The van der Waals surface area contributed by atoms with Crippen LogP contribution in [-0.4, -0.2) is 30.4 Å². The third-order valence-corrected chi connectivity index (χ3v) is 6.87. The maximum Gasteiger partial charge on any atom is 0.248 e. The van der Waals surface area contributed by atoms with E-state index in [4.69, 9.17) is 0 Å². The number of benzene rings is 2. The molecule has 1 heterocycles. The smallest absolute Gasteiger partial charge is 0.248 e. The first kappa shape index (κ1) is 23.4. The van der Waals surface area contributed by atoms with Gasteiger partial charge in [-0.2, -0.15) is 0 Å². The van der Waals surface area contributed by atoms with Gasteiger partial charge in [0, 0.05) is 11.7 Å². The molecule has 1 aliphatic carbocycles. The number of hydrogen-bond donors (Lipinski definition) is 2. The molecule has 4 rings (SSSR count). The average molecular weight is 452 g/mol. The minimum Gasteiger partial charge on any atom is -0.351 e. The van der Waals surface area contributed by atoms with Gasteiger partial charge in [-0.15, -0.1) is 0 Å². The Morgan fingerprint density at radius 2 is 1.76 bits per heavy atom. The molecule has 0 radical (unpaired) electrons. The monoisotopic (exact) mass is 451 g/mol. The molecule has 0 aromatic heterocycles. The molecule has 0 bridgehead atoms. The van der Waals surface area contributed by atoms with Gasteiger partial charge in [0.2, 0.25) is 11.8 Å². The fourth-order valence-corrected chi connectivity index (χ4v) is 5.08. The molecule has 1 saturated carbocycles. The topological polar surface area (TPSA) is 61.4 Å². The Kier molecular flexibility index (Phi) is 7.76. The molecule has 176 valence electrons. The highest BCUT2D eigenvalue weighted by Crippen LogP contribution is 2.32. The Bertz CT molecular complexity index is 967. The van der Waals surface area contributed by atoms with Crippen LogP contribution in [0.3, 0.4) is 0 Å². The van der Waals surface area contributed by atoms with E-state index in [9.17, 15) is 14.0 Å². The van der Waals surface area contributed by atoms with Crippen molar-refractivity contribution in [2.75, 3.05) is 11.4 Å². The second-order valence-corrected chi connectivity index (χ2v) is 9.29. The summed E-state index contributed by atoms with van der Waals surface area (Å²) in [5, 5.41) is 6.53. The highest BCUT2D eigenvalue weighted by Gasteiger charge is 2.38. The number of carbonyl (C=O) groups excluding carboxylic acids is 2. The largest absolute Gasteiger partial charge is 0.351 e. The van der Waals surface area contributed by atoms with Crippen LogP contribution in [0, 0.1) is 12.7 Å². The van der Waals surface area contributed by atoms with Gasteiger partial charge >= 0.3 is 0 Å². The summed E-state index contributed by atoms with van der Waals surface area (Å²) in [5.74, 6) is -0.824. The van der Waals surface area contributed by atoms with Gasteiger partial charge in [-0.1, -0.05) is 56.0 Å². The molecule has 0 unspecified atom stereocenters. The Morgan fingerprint density at radius 3 is 2.45 bits per heavy atom. The van der Waals surface area contributed by atoms with E-state index in [1.54, 1.807) is 12.1 Å². The zero-order valence-corrected chi connectivity index (χ0v) is 19.4. The van der Waals surface area contributed by atoms with E-state index in [-0.39, 0.29) is 17.9 Å². The van der Waals surface area contributed by atoms with E-state index in [2.05, 4.69) is 10.6 Å². The lowest BCUT2D eigenvalue weighted by atomic mass is 9.93. The molecule has 2 fully saturated rings. The van der Waals surface area contributed by atoms with Crippen LogP contribution < -0.4 is 15.5 Å². The van der Waals surface area contributed by atoms with E-state index in [1.165, 1.54) is 23.5 Å². The normalized spacial score (nSPS) is 20.1. The van der Waals surface area contributed by atoms with Crippen LogP contribution in [0.1, 0.15) is 68.5 Å². The second-order valence-electron chi connectivity index (χ2n) is 9.29. The molecule has 2 atom stereocenters. The molecule has 2 aromatic rings. The first-order chi connectivity index (χ1) is 16.0. The van der Waals surface area contributed by atoms with Crippen molar-refractivity contribution in [3.05, 3.63) is 65.5 Å². The first-order valence-corrected chi connectivity index (χ1v) is 12.2. The van der Waals surface area contributed by atoms with E-state index >= 15 is 0 Å². The quantitative estimate of drug-likeness (QED) is 0.663. The minimum absolute atomic E-state index is 0.107. The van der Waals surface area contributed by atoms with Crippen LogP contribution in [-0.2, 0) is 9.59 Å². The molecule has 2 amide bonds. The summed E-state index contributed by atoms with van der Waals surface area (Å²) in [4.78, 5) is 29.2. The number of amides is 2. The van der Waals surface area contributed by atoms with Crippen molar-refractivity contribution in [2.45, 2.75) is 76.4 Å². The number of nitrogens with one attached hydrogen (secondary N) is 2. The second kappa shape index (κ2) is 10.9. The third kappa shape index (κ3) is 5.61. The number of nitrogens with zero attached hydrogens (tertiary/aromatic N) is 1. The molecular weight excluding hydrogens is 417 g/mol. The summed E-state index contributed by atoms with van der Waals surface area (Å²) in [6.45, 7) is 2.71. The molecule has 33 heavy (non-hydrogen) atoms. The Morgan fingerprint density at radius 1 is 1.00 bits per heavy atom. The van der Waals surface area contributed by atoms with Gasteiger partial charge in [-0.25, -0.2) is 4.39 Å². The Labute approximate surface area is 195 Å². The Balaban J connectivity index is 1.76. The van der Waals surface area contributed by atoms with Gasteiger partial charge in [0.15, 0.2) is 0 Å². The number of hydrogen-bond acceptors (Lipinski definition) is 3. The molecule has 1 saturated heterocycles. The van der Waals surface area contributed by atoms with Crippen LogP contribution in [0.2, 0.25) is 0 Å². The van der Waals surface area contributed by atoms with Crippen molar-refractivity contribution in [1.82, 2.24) is 10.6 Å². The van der Waals surface area contributed by atoms with Crippen LogP contribution in [0.15, 0.2) is 48.5 Å². The highest BCUT2D eigenvalue weighted by molar-refractivity contribution is 6.04. The van der Waals surface area contributed by atoms with Gasteiger partial charge < -0.3 is 10.6 Å². The van der Waals surface area contributed by atoms with E-state index < -0.39 is 17.9 Å². The Hall–Kier alpha value is -2.73. The predicted octanol–water partition coefficient (Wildman–Crippen LogP) is 4.80. The lowest BCUT2D eigenvalue weighted by Crippen LogP contribution is -2.53. The van der Waals surface area contributed by atoms with Gasteiger partial charge in [0.25, 0.3) is 0 Å². The minimum atomic E-state index is -0.869. The number of anilines is 1. The maximum atomic E-state index is 14.3. The van der Waals surface area contributed by atoms with E-state index in [1.807, 2.05) is 31.2 Å². The zero-order valence-electron chi connectivity index (χ0n) is 19.4. The third-order valence-electron chi connectivity index (χ3n) is 6.87. The summed E-state index contributed by atoms with van der Waals surface area (Å²) in [6.07, 6.45) is 7.95. The fourth-order valence-electron chi connectivity index (χ4n) is 5.08. The van der Waals surface area contributed by atoms with Crippen LogP contribution in [0.4, 0.5) is 10.1 Å². The van der Waals surface area contributed by atoms with E-state index in [0.29, 0.717) is 12.1 Å². The molecule has 2 aromatic carbocycles. The maximum absolute atomic E-state index is 14.3. The molecule has 6 heteroatoms. The van der Waals surface area contributed by atoms with Crippen molar-refractivity contribution in [1.29, 1.82) is 0 Å². The standard InChI is InChI=1S/C27H34FN3O2/c1-19-10-5-6-15-23(19)25(26(32)30-21-12-3-2-4-13-21)31(22-14-9-11-20(28)18-22)27(33)24-16-7-8-17-29-24/h5-6,9-11,14-15,18,21,24-25,29H,2-4,7-8,12-13,16-17H2,1H3,(H,30,32)/t24-,25+/m1/s1. The molecule has 2 N–H and O–H groups in total. The number of aryl methyl sites for hydroxylation is 1. The van der Waals surface area contributed by atoms with Crippen molar-refractivity contribution in [2.24, 2.45) is 0 Å². The van der Waals surface area contributed by atoms with Crippen LogP contribution in [0.5, 0.6) is 0 Å². The predicted molar refractivity (Wildman–Crippen MR) is 128 cm³/mol. The summed E-state index contributed by atoms with van der Waals surface area (Å²) in [6, 6.07) is 12.5. The summed E-state index contributed by atoms with van der Waals surface area (Å²) >= 11 is 0. The number of piperidine rings is 1. The zero-order chi connectivity index (χ0) is 23.2. The number of rotatable bonds is 6. The van der Waals surface area contributed by atoms with Crippen molar-refractivity contribution in [3.8, 4) is 0 Å². The van der Waals surface area contributed by atoms with Crippen molar-refractivity contribution < 1.29 is 14.0 Å². The lowest BCUT2D eigenvalue weighted by Gasteiger charge is -2.37. The molecule has 2 aliphatic rings. The molecule has 1 aliphatic heterocycles. The fraction of sp³-hybridized carbons (Fsp3) is 0.481. The molecule has 5 nitrogen and oxygen atoms in total. The van der Waals surface area contributed by atoms with Crippen LogP contribution in [0.25, 0.3) is 0 Å². The van der Waals surface area contributed by atoms with Crippen LogP contribution >= 0.6 is 0 Å². The summed E-state index contributed by atoms with van der Waals surface area (Å²) in [5.41, 5.74) is 2.09. The molecule has 0 spiro atoms.